The first kappa shape index (κ1) is 16.4. The van der Waals surface area contributed by atoms with Crippen LogP contribution in [0.1, 0.15) is 37.4 Å². The van der Waals surface area contributed by atoms with E-state index in [-0.39, 0.29) is 11.6 Å². The Morgan fingerprint density at radius 1 is 1.17 bits per heavy atom. The van der Waals surface area contributed by atoms with Crippen molar-refractivity contribution >= 4 is 5.69 Å². The molecule has 0 bridgehead atoms. The van der Waals surface area contributed by atoms with Gasteiger partial charge in [-0.15, -0.1) is 0 Å². The minimum Gasteiger partial charge on any atom is -0.487 e. The van der Waals surface area contributed by atoms with Crippen LogP contribution >= 0.6 is 0 Å². The third-order valence-electron chi connectivity index (χ3n) is 4.21. The van der Waals surface area contributed by atoms with Gasteiger partial charge in [-0.1, -0.05) is 18.2 Å². The lowest BCUT2D eigenvalue weighted by molar-refractivity contribution is 0.0663. The van der Waals surface area contributed by atoms with E-state index in [1.807, 2.05) is 36.4 Å². The second kappa shape index (κ2) is 6.94. The van der Waals surface area contributed by atoms with Crippen LogP contribution in [0.15, 0.2) is 48.5 Å². The van der Waals surface area contributed by atoms with E-state index in [1.54, 1.807) is 0 Å². The van der Waals surface area contributed by atoms with E-state index in [0.717, 1.165) is 36.5 Å². The number of hydrogen-bond acceptors (Lipinski definition) is 4. The molecule has 3 rings (SSSR count). The SMILES string of the molecule is CC1(C)CC(NCCNc2ccccc2)c2cc(C#N)ccc2O1. The summed E-state index contributed by atoms with van der Waals surface area (Å²) in [5.74, 6) is 0.874. The predicted octanol–water partition coefficient (Wildman–Crippen LogP) is 3.86. The summed E-state index contributed by atoms with van der Waals surface area (Å²) >= 11 is 0. The second-order valence-electron chi connectivity index (χ2n) is 6.73. The average molecular weight is 321 g/mol. The monoisotopic (exact) mass is 321 g/mol. The van der Waals surface area contributed by atoms with E-state index in [1.165, 1.54) is 0 Å². The van der Waals surface area contributed by atoms with Crippen molar-refractivity contribution in [2.24, 2.45) is 0 Å². The summed E-state index contributed by atoms with van der Waals surface area (Å²) in [5.41, 5.74) is 2.66. The first-order valence-corrected chi connectivity index (χ1v) is 8.33. The van der Waals surface area contributed by atoms with Gasteiger partial charge >= 0.3 is 0 Å². The lowest BCUT2D eigenvalue weighted by atomic mass is 9.89. The average Bonchev–Trinajstić information content (AvgIpc) is 2.58. The van der Waals surface area contributed by atoms with Crippen molar-refractivity contribution in [3.05, 3.63) is 59.7 Å². The number of ether oxygens (including phenoxy) is 1. The molecule has 0 aromatic heterocycles. The number of nitrogens with zero attached hydrogens (tertiary/aromatic N) is 1. The summed E-state index contributed by atoms with van der Waals surface area (Å²) in [6, 6.07) is 18.2. The number of fused-ring (bicyclic) bond motifs is 1. The Bertz CT molecular complexity index is 734. The van der Waals surface area contributed by atoms with Crippen LogP contribution in [-0.4, -0.2) is 18.7 Å². The van der Waals surface area contributed by atoms with Crippen LogP contribution in [0, 0.1) is 11.3 Å². The number of anilines is 1. The van der Waals surface area contributed by atoms with E-state index in [9.17, 15) is 0 Å². The van der Waals surface area contributed by atoms with E-state index in [2.05, 4.69) is 42.7 Å². The highest BCUT2D eigenvalue weighted by Crippen LogP contribution is 2.39. The topological polar surface area (TPSA) is 57.1 Å². The molecule has 2 aromatic rings. The standard InChI is InChI=1S/C20H23N3O/c1-20(2)13-18(17-12-15(14-21)8-9-19(17)24-20)23-11-10-22-16-6-4-3-5-7-16/h3-9,12,18,22-23H,10-11,13H2,1-2H3. The smallest absolute Gasteiger partial charge is 0.124 e. The van der Waals surface area contributed by atoms with Crippen molar-refractivity contribution in [1.29, 1.82) is 5.26 Å². The summed E-state index contributed by atoms with van der Waals surface area (Å²) in [5, 5.41) is 16.2. The highest BCUT2D eigenvalue weighted by molar-refractivity contribution is 5.45. The van der Waals surface area contributed by atoms with Crippen molar-refractivity contribution < 1.29 is 4.74 Å². The Morgan fingerprint density at radius 2 is 1.96 bits per heavy atom. The Hall–Kier alpha value is -2.51. The molecule has 4 heteroatoms. The summed E-state index contributed by atoms with van der Waals surface area (Å²) in [4.78, 5) is 0. The van der Waals surface area contributed by atoms with Crippen molar-refractivity contribution in [2.75, 3.05) is 18.4 Å². The zero-order valence-corrected chi connectivity index (χ0v) is 14.2. The Balaban J connectivity index is 1.65. The molecule has 1 unspecified atom stereocenters. The van der Waals surface area contributed by atoms with Gasteiger partial charge in [-0.25, -0.2) is 0 Å². The highest BCUT2D eigenvalue weighted by atomic mass is 16.5. The van der Waals surface area contributed by atoms with E-state index < -0.39 is 0 Å². The predicted molar refractivity (Wildman–Crippen MR) is 96.2 cm³/mol. The fourth-order valence-electron chi connectivity index (χ4n) is 3.12. The molecule has 1 heterocycles. The third kappa shape index (κ3) is 3.87. The molecule has 24 heavy (non-hydrogen) atoms. The molecule has 0 saturated heterocycles. The molecule has 1 aliphatic heterocycles. The Morgan fingerprint density at radius 3 is 2.71 bits per heavy atom. The molecular weight excluding hydrogens is 298 g/mol. The summed E-state index contributed by atoms with van der Waals surface area (Å²) < 4.78 is 6.06. The van der Waals surface area contributed by atoms with Crippen LogP contribution in [-0.2, 0) is 0 Å². The van der Waals surface area contributed by atoms with Gasteiger partial charge in [0, 0.05) is 36.8 Å². The van der Waals surface area contributed by atoms with Crippen molar-refractivity contribution in [2.45, 2.75) is 31.9 Å². The summed E-state index contributed by atoms with van der Waals surface area (Å²) in [6.07, 6.45) is 0.875. The lowest BCUT2D eigenvalue weighted by Gasteiger charge is -2.38. The van der Waals surface area contributed by atoms with E-state index in [4.69, 9.17) is 10.00 Å². The molecule has 0 aliphatic carbocycles. The molecule has 0 saturated carbocycles. The molecule has 0 radical (unpaired) electrons. The summed E-state index contributed by atoms with van der Waals surface area (Å²) in [7, 11) is 0. The molecule has 4 nitrogen and oxygen atoms in total. The van der Waals surface area contributed by atoms with Gasteiger partial charge in [0.1, 0.15) is 11.4 Å². The van der Waals surface area contributed by atoms with Crippen molar-refractivity contribution in [3.63, 3.8) is 0 Å². The minimum absolute atomic E-state index is 0.189. The van der Waals surface area contributed by atoms with Gasteiger partial charge in [-0.2, -0.15) is 5.26 Å². The normalized spacial score (nSPS) is 18.1. The first-order valence-electron chi connectivity index (χ1n) is 8.33. The quantitative estimate of drug-likeness (QED) is 0.821. The number of hydrogen-bond donors (Lipinski definition) is 2. The van der Waals surface area contributed by atoms with Crippen LogP contribution < -0.4 is 15.4 Å². The van der Waals surface area contributed by atoms with Gasteiger partial charge in [0.05, 0.1) is 11.6 Å². The molecule has 0 amide bonds. The molecule has 1 aliphatic rings. The van der Waals surface area contributed by atoms with Gasteiger partial charge in [-0.3, -0.25) is 0 Å². The Labute approximate surface area is 143 Å². The Kier molecular flexibility index (Phi) is 4.73. The maximum Gasteiger partial charge on any atom is 0.124 e. The maximum absolute atomic E-state index is 9.15. The fourth-order valence-corrected chi connectivity index (χ4v) is 3.12. The number of nitriles is 1. The number of benzene rings is 2. The second-order valence-corrected chi connectivity index (χ2v) is 6.73. The molecule has 2 aromatic carbocycles. The van der Waals surface area contributed by atoms with Crippen LogP contribution in [0.25, 0.3) is 0 Å². The zero-order chi connectivity index (χ0) is 17.0. The molecule has 124 valence electrons. The molecule has 1 atom stereocenters. The largest absolute Gasteiger partial charge is 0.487 e. The maximum atomic E-state index is 9.15. The zero-order valence-electron chi connectivity index (χ0n) is 14.2. The van der Waals surface area contributed by atoms with Crippen LogP contribution in [0.2, 0.25) is 0 Å². The van der Waals surface area contributed by atoms with Crippen LogP contribution in [0.3, 0.4) is 0 Å². The minimum atomic E-state index is -0.217. The van der Waals surface area contributed by atoms with Gasteiger partial charge in [0.15, 0.2) is 0 Å². The van der Waals surface area contributed by atoms with Gasteiger partial charge < -0.3 is 15.4 Å². The van der Waals surface area contributed by atoms with Crippen LogP contribution in [0.5, 0.6) is 5.75 Å². The third-order valence-corrected chi connectivity index (χ3v) is 4.21. The van der Waals surface area contributed by atoms with Gasteiger partial charge in [-0.05, 0) is 44.2 Å². The lowest BCUT2D eigenvalue weighted by Crippen LogP contribution is -2.40. The number of rotatable bonds is 5. The molecular formula is C20H23N3O. The first-order chi connectivity index (χ1) is 11.6. The number of nitrogens with one attached hydrogen (secondary N) is 2. The summed E-state index contributed by atoms with van der Waals surface area (Å²) in [6.45, 7) is 5.89. The van der Waals surface area contributed by atoms with Crippen molar-refractivity contribution in [1.82, 2.24) is 5.32 Å². The van der Waals surface area contributed by atoms with Crippen molar-refractivity contribution in [3.8, 4) is 11.8 Å². The van der Waals surface area contributed by atoms with Crippen LogP contribution in [0.4, 0.5) is 5.69 Å². The number of para-hydroxylation sites is 1. The molecule has 2 N–H and O–H groups in total. The van der Waals surface area contributed by atoms with Gasteiger partial charge in [0.2, 0.25) is 0 Å². The van der Waals surface area contributed by atoms with Gasteiger partial charge in [0.25, 0.3) is 0 Å². The van der Waals surface area contributed by atoms with E-state index in [0.29, 0.717) is 5.56 Å². The van der Waals surface area contributed by atoms with E-state index >= 15 is 0 Å². The fraction of sp³-hybridized carbons (Fsp3) is 0.350. The highest BCUT2D eigenvalue weighted by Gasteiger charge is 2.33. The molecule has 0 spiro atoms. The molecule has 0 fully saturated rings.